The molecule has 1 aliphatic rings. The Hall–Kier alpha value is -2.63. The number of carbonyl (C=O) groups is 1. The lowest BCUT2D eigenvalue weighted by Gasteiger charge is -2.37. The molecule has 6 heteroatoms. The number of aromatic nitrogens is 2. The third kappa shape index (κ3) is 5.21. The molecule has 0 bridgehead atoms. The first-order valence-corrected chi connectivity index (χ1v) is 10.1. The second kappa shape index (κ2) is 9.04. The van der Waals surface area contributed by atoms with E-state index >= 15 is 0 Å². The molecule has 2 aromatic rings. The highest BCUT2D eigenvalue weighted by Gasteiger charge is 2.20. The SMILES string of the molecule is Cc1cccc(N2CCN(c3cc(C(=O)NCCC(C)C)nc(C)n3)CC2)c1. The Kier molecular flexibility index (Phi) is 6.49. The van der Waals surface area contributed by atoms with Gasteiger partial charge in [0, 0.05) is 44.5 Å². The fourth-order valence-electron chi connectivity index (χ4n) is 3.41. The lowest BCUT2D eigenvalue weighted by Crippen LogP contribution is -2.47. The van der Waals surface area contributed by atoms with Crippen LogP contribution >= 0.6 is 0 Å². The Balaban J connectivity index is 1.64. The van der Waals surface area contributed by atoms with Crippen LogP contribution in [0.2, 0.25) is 0 Å². The molecule has 0 atom stereocenters. The second-order valence-corrected chi connectivity index (χ2v) is 7.91. The maximum Gasteiger partial charge on any atom is 0.270 e. The molecule has 28 heavy (non-hydrogen) atoms. The maximum absolute atomic E-state index is 12.5. The van der Waals surface area contributed by atoms with Crippen molar-refractivity contribution < 1.29 is 4.79 Å². The molecule has 3 rings (SSSR count). The monoisotopic (exact) mass is 381 g/mol. The number of piperazine rings is 1. The average molecular weight is 382 g/mol. The van der Waals surface area contributed by atoms with Crippen molar-refractivity contribution in [3.05, 3.63) is 47.4 Å². The number of anilines is 2. The van der Waals surface area contributed by atoms with Crippen molar-refractivity contribution in [3.63, 3.8) is 0 Å². The van der Waals surface area contributed by atoms with Gasteiger partial charge >= 0.3 is 0 Å². The Morgan fingerprint density at radius 2 is 1.79 bits per heavy atom. The molecule has 0 saturated carbocycles. The smallest absolute Gasteiger partial charge is 0.270 e. The zero-order chi connectivity index (χ0) is 20.1. The summed E-state index contributed by atoms with van der Waals surface area (Å²) in [4.78, 5) is 26.0. The molecule has 1 fully saturated rings. The van der Waals surface area contributed by atoms with Gasteiger partial charge in [0.05, 0.1) is 0 Å². The van der Waals surface area contributed by atoms with E-state index in [0.29, 0.717) is 24.0 Å². The van der Waals surface area contributed by atoms with E-state index < -0.39 is 0 Å². The molecule has 1 aromatic carbocycles. The molecular formula is C22H31N5O. The van der Waals surface area contributed by atoms with E-state index in [9.17, 15) is 4.79 Å². The quantitative estimate of drug-likeness (QED) is 0.833. The predicted octanol–water partition coefficient (Wildman–Crippen LogP) is 3.20. The third-order valence-corrected chi connectivity index (χ3v) is 5.03. The van der Waals surface area contributed by atoms with E-state index in [1.165, 1.54) is 11.3 Å². The molecule has 2 heterocycles. The van der Waals surface area contributed by atoms with E-state index in [4.69, 9.17) is 0 Å². The fraction of sp³-hybridized carbons (Fsp3) is 0.500. The van der Waals surface area contributed by atoms with Crippen LogP contribution in [0.1, 0.15) is 42.1 Å². The van der Waals surface area contributed by atoms with Gasteiger partial charge in [0.25, 0.3) is 5.91 Å². The van der Waals surface area contributed by atoms with Gasteiger partial charge in [-0.25, -0.2) is 9.97 Å². The van der Waals surface area contributed by atoms with Gasteiger partial charge in [-0.15, -0.1) is 0 Å². The summed E-state index contributed by atoms with van der Waals surface area (Å²) in [6.07, 6.45) is 0.962. The number of nitrogens with one attached hydrogen (secondary N) is 1. The van der Waals surface area contributed by atoms with E-state index in [1.807, 2.05) is 13.0 Å². The number of nitrogens with zero attached hydrogens (tertiary/aromatic N) is 4. The molecule has 1 saturated heterocycles. The molecule has 1 amide bonds. The van der Waals surface area contributed by atoms with Crippen molar-refractivity contribution in [2.45, 2.75) is 34.1 Å². The minimum atomic E-state index is -0.120. The Bertz CT molecular complexity index is 812. The van der Waals surface area contributed by atoms with Crippen LogP contribution < -0.4 is 15.1 Å². The van der Waals surface area contributed by atoms with Crippen LogP contribution in [0.15, 0.2) is 30.3 Å². The molecule has 1 N–H and O–H groups in total. The predicted molar refractivity (Wildman–Crippen MR) is 114 cm³/mol. The summed E-state index contributed by atoms with van der Waals surface area (Å²) < 4.78 is 0. The number of amides is 1. The molecule has 0 aliphatic carbocycles. The van der Waals surface area contributed by atoms with Crippen molar-refractivity contribution in [2.75, 3.05) is 42.5 Å². The van der Waals surface area contributed by atoms with Gasteiger partial charge in [-0.2, -0.15) is 0 Å². The van der Waals surface area contributed by atoms with Gasteiger partial charge < -0.3 is 15.1 Å². The highest BCUT2D eigenvalue weighted by atomic mass is 16.1. The summed E-state index contributed by atoms with van der Waals surface area (Å²) in [7, 11) is 0. The zero-order valence-electron chi connectivity index (χ0n) is 17.4. The van der Waals surface area contributed by atoms with Gasteiger partial charge in [-0.1, -0.05) is 26.0 Å². The number of aryl methyl sites for hydroxylation is 2. The van der Waals surface area contributed by atoms with Crippen LogP contribution in [-0.4, -0.2) is 48.6 Å². The van der Waals surface area contributed by atoms with E-state index in [-0.39, 0.29) is 5.91 Å². The number of hydrogen-bond acceptors (Lipinski definition) is 5. The Morgan fingerprint density at radius 1 is 1.07 bits per heavy atom. The summed E-state index contributed by atoms with van der Waals surface area (Å²) in [6, 6.07) is 10.4. The van der Waals surface area contributed by atoms with Crippen molar-refractivity contribution in [1.82, 2.24) is 15.3 Å². The summed E-state index contributed by atoms with van der Waals surface area (Å²) in [6.45, 7) is 12.5. The normalized spacial score (nSPS) is 14.5. The van der Waals surface area contributed by atoms with Crippen molar-refractivity contribution >= 4 is 17.4 Å². The topological polar surface area (TPSA) is 61.4 Å². The standard InChI is InChI=1S/C22H31N5O/c1-16(2)8-9-23-22(28)20-15-21(25-18(4)24-20)27-12-10-26(11-13-27)19-7-5-6-17(3)14-19/h5-7,14-16H,8-13H2,1-4H3,(H,23,28). The molecule has 6 nitrogen and oxygen atoms in total. The lowest BCUT2D eigenvalue weighted by molar-refractivity contribution is 0.0946. The van der Waals surface area contributed by atoms with Crippen molar-refractivity contribution in [2.24, 2.45) is 5.92 Å². The molecule has 1 aliphatic heterocycles. The lowest BCUT2D eigenvalue weighted by atomic mass is 10.1. The van der Waals surface area contributed by atoms with E-state index in [0.717, 1.165) is 38.4 Å². The van der Waals surface area contributed by atoms with Crippen LogP contribution in [-0.2, 0) is 0 Å². The molecule has 0 spiro atoms. The number of rotatable bonds is 6. The first-order valence-electron chi connectivity index (χ1n) is 10.1. The number of benzene rings is 1. The molecular weight excluding hydrogens is 350 g/mol. The number of hydrogen-bond donors (Lipinski definition) is 1. The van der Waals surface area contributed by atoms with Crippen LogP contribution in [0, 0.1) is 19.8 Å². The molecule has 0 radical (unpaired) electrons. The van der Waals surface area contributed by atoms with Gasteiger partial charge in [-0.05, 0) is 43.9 Å². The summed E-state index contributed by atoms with van der Waals surface area (Å²) >= 11 is 0. The summed E-state index contributed by atoms with van der Waals surface area (Å²) in [5.74, 6) is 1.91. The first kappa shape index (κ1) is 20.1. The first-order chi connectivity index (χ1) is 13.4. The van der Waals surface area contributed by atoms with Gasteiger partial charge in [0.1, 0.15) is 17.3 Å². The van der Waals surface area contributed by atoms with E-state index in [1.54, 1.807) is 0 Å². The average Bonchev–Trinajstić information content (AvgIpc) is 2.67. The van der Waals surface area contributed by atoms with Crippen LogP contribution in [0.5, 0.6) is 0 Å². The van der Waals surface area contributed by atoms with Gasteiger partial charge in [0.2, 0.25) is 0 Å². The van der Waals surface area contributed by atoms with Crippen LogP contribution in [0.4, 0.5) is 11.5 Å². The molecule has 150 valence electrons. The van der Waals surface area contributed by atoms with Crippen LogP contribution in [0.3, 0.4) is 0 Å². The van der Waals surface area contributed by atoms with Crippen molar-refractivity contribution in [1.29, 1.82) is 0 Å². The third-order valence-electron chi connectivity index (χ3n) is 5.03. The van der Waals surface area contributed by atoms with Crippen molar-refractivity contribution in [3.8, 4) is 0 Å². The van der Waals surface area contributed by atoms with E-state index in [2.05, 4.69) is 70.1 Å². The fourth-order valence-corrected chi connectivity index (χ4v) is 3.41. The molecule has 0 unspecified atom stereocenters. The summed E-state index contributed by atoms with van der Waals surface area (Å²) in [5, 5.41) is 2.97. The summed E-state index contributed by atoms with van der Waals surface area (Å²) in [5.41, 5.74) is 3.00. The second-order valence-electron chi connectivity index (χ2n) is 7.91. The van der Waals surface area contributed by atoms with Gasteiger partial charge in [-0.3, -0.25) is 4.79 Å². The maximum atomic E-state index is 12.5. The van der Waals surface area contributed by atoms with Gasteiger partial charge in [0.15, 0.2) is 0 Å². The Morgan fingerprint density at radius 3 is 2.46 bits per heavy atom. The van der Waals surface area contributed by atoms with Crippen LogP contribution in [0.25, 0.3) is 0 Å². The minimum Gasteiger partial charge on any atom is -0.368 e. The highest BCUT2D eigenvalue weighted by Crippen LogP contribution is 2.21. The minimum absolute atomic E-state index is 0.120. The zero-order valence-corrected chi connectivity index (χ0v) is 17.4. The highest BCUT2D eigenvalue weighted by molar-refractivity contribution is 5.92. The Labute approximate surface area is 168 Å². The molecule has 1 aromatic heterocycles. The number of carbonyl (C=O) groups excluding carboxylic acids is 1. The largest absolute Gasteiger partial charge is 0.368 e.